The van der Waals surface area contributed by atoms with Gasteiger partial charge in [-0.3, -0.25) is 4.79 Å². The van der Waals surface area contributed by atoms with E-state index in [2.05, 4.69) is 20.8 Å². The normalized spacial score (nSPS) is 31.5. The minimum Gasteiger partial charge on any atom is -0.374 e. The molecule has 0 aliphatic carbocycles. The van der Waals surface area contributed by atoms with Gasteiger partial charge in [0.2, 0.25) is 0 Å². The van der Waals surface area contributed by atoms with Crippen molar-refractivity contribution < 1.29 is 9.53 Å². The monoisotopic (exact) mass is 248 g/mol. The van der Waals surface area contributed by atoms with Crippen LogP contribution in [0.2, 0.25) is 0 Å². The maximum atomic E-state index is 11.8. The lowest BCUT2D eigenvalue weighted by atomic mass is 10.3. The second-order valence-corrected chi connectivity index (χ2v) is 6.88. The molecule has 0 radical (unpaired) electrons. The van der Waals surface area contributed by atoms with Crippen molar-refractivity contribution in [2.45, 2.75) is 42.9 Å². The number of hydrogen-bond donors (Lipinski definition) is 0. The van der Waals surface area contributed by atoms with Crippen molar-refractivity contribution in [1.82, 2.24) is 0 Å². The van der Waals surface area contributed by atoms with Crippen molar-refractivity contribution in [2.24, 2.45) is 0 Å². The van der Waals surface area contributed by atoms with E-state index in [0.717, 1.165) is 12.2 Å². The molecule has 0 spiro atoms. The van der Waals surface area contributed by atoms with Gasteiger partial charge in [-0.15, -0.1) is 11.8 Å². The van der Waals surface area contributed by atoms with Crippen molar-refractivity contribution in [3.8, 4) is 0 Å². The predicted molar refractivity (Wildman–Crippen MR) is 68.9 cm³/mol. The van der Waals surface area contributed by atoms with E-state index in [9.17, 15) is 4.79 Å². The molecule has 0 bridgehead atoms. The van der Waals surface area contributed by atoms with Crippen LogP contribution >= 0.6 is 23.5 Å². The molecule has 1 fully saturated rings. The summed E-state index contributed by atoms with van der Waals surface area (Å²) >= 11 is 3.71. The van der Waals surface area contributed by atoms with Crippen LogP contribution in [0, 0.1) is 0 Å². The van der Waals surface area contributed by atoms with Crippen LogP contribution in [-0.4, -0.2) is 40.5 Å². The van der Waals surface area contributed by atoms with Crippen molar-refractivity contribution in [1.29, 1.82) is 0 Å². The van der Waals surface area contributed by atoms with Gasteiger partial charge in [0.1, 0.15) is 6.61 Å². The third kappa shape index (κ3) is 4.37. The summed E-state index contributed by atoms with van der Waals surface area (Å²) in [5.41, 5.74) is 0. The van der Waals surface area contributed by atoms with Crippen molar-refractivity contribution in [3.63, 3.8) is 0 Å². The fourth-order valence-corrected chi connectivity index (χ4v) is 4.24. The summed E-state index contributed by atoms with van der Waals surface area (Å²) in [6.07, 6.45) is 0.979. The molecule has 0 aromatic rings. The zero-order valence-electron chi connectivity index (χ0n) is 9.69. The lowest BCUT2D eigenvalue weighted by molar-refractivity contribution is -0.122. The second-order valence-electron chi connectivity index (χ2n) is 3.89. The van der Waals surface area contributed by atoms with Crippen LogP contribution in [0.4, 0.5) is 0 Å². The van der Waals surface area contributed by atoms with Crippen LogP contribution in [0.5, 0.6) is 0 Å². The average Bonchev–Trinajstić information content (AvgIpc) is 2.22. The van der Waals surface area contributed by atoms with Crippen LogP contribution in [0.1, 0.15) is 27.2 Å². The third-order valence-corrected chi connectivity index (χ3v) is 5.94. The molecule has 3 atom stereocenters. The van der Waals surface area contributed by atoms with Gasteiger partial charge in [-0.2, -0.15) is 11.8 Å². The van der Waals surface area contributed by atoms with E-state index in [-0.39, 0.29) is 11.0 Å². The van der Waals surface area contributed by atoms with Gasteiger partial charge in [0.15, 0.2) is 5.78 Å². The number of thioether (sulfide) groups is 2. The Kier molecular flexibility index (Phi) is 6.09. The number of ether oxygens (including phenoxy) is 1. The van der Waals surface area contributed by atoms with E-state index < -0.39 is 0 Å². The summed E-state index contributed by atoms with van der Waals surface area (Å²) < 4.78 is 5.29. The topological polar surface area (TPSA) is 26.3 Å². The largest absolute Gasteiger partial charge is 0.374 e. The van der Waals surface area contributed by atoms with Gasteiger partial charge in [0.25, 0.3) is 0 Å². The van der Waals surface area contributed by atoms with Crippen LogP contribution in [0.15, 0.2) is 0 Å². The molecule has 1 aliphatic rings. The summed E-state index contributed by atoms with van der Waals surface area (Å²) in [6.45, 7) is 7.49. The molecule has 88 valence electrons. The Morgan fingerprint density at radius 1 is 1.40 bits per heavy atom. The van der Waals surface area contributed by atoms with Crippen molar-refractivity contribution in [2.75, 3.05) is 19.0 Å². The molecular formula is C11H20O2S2. The highest BCUT2D eigenvalue weighted by molar-refractivity contribution is 8.08. The van der Waals surface area contributed by atoms with E-state index in [0.29, 0.717) is 23.7 Å². The van der Waals surface area contributed by atoms with Crippen LogP contribution < -0.4 is 0 Å². The first kappa shape index (κ1) is 13.4. The lowest BCUT2D eigenvalue weighted by Gasteiger charge is -2.30. The first-order valence-electron chi connectivity index (χ1n) is 5.52. The lowest BCUT2D eigenvalue weighted by Crippen LogP contribution is -2.33. The van der Waals surface area contributed by atoms with Crippen molar-refractivity contribution in [3.05, 3.63) is 0 Å². The number of hydrogen-bond acceptors (Lipinski definition) is 4. The summed E-state index contributed by atoms with van der Waals surface area (Å²) in [5, 5.41) is 1.39. The first-order valence-corrected chi connectivity index (χ1v) is 7.51. The molecule has 0 aromatic carbocycles. The molecule has 1 saturated heterocycles. The Balaban J connectivity index is 2.28. The molecule has 0 amide bonds. The Morgan fingerprint density at radius 3 is 2.73 bits per heavy atom. The molecule has 1 rings (SSSR count). The smallest absolute Gasteiger partial charge is 0.172 e. The summed E-state index contributed by atoms with van der Waals surface area (Å²) in [4.78, 5) is 11.8. The summed E-state index contributed by atoms with van der Waals surface area (Å²) in [6, 6.07) is 0. The molecule has 3 unspecified atom stereocenters. The maximum absolute atomic E-state index is 11.8. The zero-order valence-corrected chi connectivity index (χ0v) is 11.3. The van der Waals surface area contributed by atoms with Crippen molar-refractivity contribution >= 4 is 29.3 Å². The number of ketones is 1. The Morgan fingerprint density at radius 2 is 2.13 bits per heavy atom. The van der Waals surface area contributed by atoms with Gasteiger partial charge < -0.3 is 4.74 Å². The van der Waals surface area contributed by atoms with Crippen LogP contribution in [-0.2, 0) is 9.53 Å². The number of Topliss-reactive ketones (excluding diaryl/α,β-unsaturated/α-hetero) is 1. The number of carbonyl (C=O) groups excluding carboxylic acids is 1. The summed E-state index contributed by atoms with van der Waals surface area (Å²) in [7, 11) is 0. The highest BCUT2D eigenvalue weighted by Gasteiger charge is 2.29. The third-order valence-electron chi connectivity index (χ3n) is 2.50. The molecule has 1 aliphatic heterocycles. The van der Waals surface area contributed by atoms with E-state index in [4.69, 9.17) is 4.74 Å². The van der Waals surface area contributed by atoms with E-state index in [1.165, 1.54) is 0 Å². The molecule has 2 nitrogen and oxygen atoms in total. The van der Waals surface area contributed by atoms with Gasteiger partial charge in [0.05, 0.1) is 5.25 Å². The predicted octanol–water partition coefficient (Wildman–Crippen LogP) is 2.61. The van der Waals surface area contributed by atoms with Gasteiger partial charge in [0, 0.05) is 22.9 Å². The highest BCUT2D eigenvalue weighted by atomic mass is 32.2. The Bertz CT molecular complexity index is 209. The van der Waals surface area contributed by atoms with Gasteiger partial charge in [-0.25, -0.2) is 0 Å². The van der Waals surface area contributed by atoms with E-state index >= 15 is 0 Å². The van der Waals surface area contributed by atoms with E-state index in [1.807, 2.05) is 23.5 Å². The zero-order chi connectivity index (χ0) is 11.3. The molecule has 15 heavy (non-hydrogen) atoms. The fraction of sp³-hybridized carbons (Fsp3) is 0.909. The first-order chi connectivity index (χ1) is 7.15. The minimum absolute atomic E-state index is 0.151. The Hall–Kier alpha value is 0.330. The summed E-state index contributed by atoms with van der Waals surface area (Å²) in [5.74, 6) is 1.21. The maximum Gasteiger partial charge on any atom is 0.172 e. The quantitative estimate of drug-likeness (QED) is 0.699. The van der Waals surface area contributed by atoms with Crippen LogP contribution in [0.3, 0.4) is 0 Å². The molecule has 1 heterocycles. The van der Waals surface area contributed by atoms with Gasteiger partial charge >= 0.3 is 0 Å². The van der Waals surface area contributed by atoms with Gasteiger partial charge in [-0.1, -0.05) is 20.8 Å². The standard InChI is InChI=1S/C11H20O2S2/c1-4-5-13-6-10(12)11-7-14-8(2)9(3)15-11/h8-9,11H,4-7H2,1-3H3. The molecule has 0 saturated carbocycles. The number of rotatable bonds is 5. The molecule has 4 heteroatoms. The minimum atomic E-state index is 0.151. The molecule has 0 N–H and O–H groups in total. The molecule has 0 aromatic heterocycles. The number of carbonyl (C=O) groups is 1. The highest BCUT2D eigenvalue weighted by Crippen LogP contribution is 2.35. The van der Waals surface area contributed by atoms with E-state index in [1.54, 1.807) is 0 Å². The molecular weight excluding hydrogens is 228 g/mol. The SMILES string of the molecule is CCCOCC(=O)C1CSC(C)C(C)S1. The Labute approximate surface area is 101 Å². The fourth-order valence-electron chi connectivity index (χ4n) is 1.36. The average molecular weight is 248 g/mol. The second kappa shape index (κ2) is 6.81. The van der Waals surface area contributed by atoms with Crippen LogP contribution in [0.25, 0.3) is 0 Å². The van der Waals surface area contributed by atoms with Gasteiger partial charge in [-0.05, 0) is 6.42 Å².